The molecule has 2 aromatic heterocycles. The van der Waals surface area contributed by atoms with Gasteiger partial charge in [-0.05, 0) is 23.9 Å². The van der Waals surface area contributed by atoms with Gasteiger partial charge in [0.2, 0.25) is 5.95 Å². The van der Waals surface area contributed by atoms with Crippen LogP contribution in [0.2, 0.25) is 0 Å². The number of thiophene rings is 1. The summed E-state index contributed by atoms with van der Waals surface area (Å²) in [5, 5.41) is 15.4. The number of aryl methyl sites for hydroxylation is 1. The molecule has 0 aliphatic carbocycles. The van der Waals surface area contributed by atoms with Gasteiger partial charge in [-0.25, -0.2) is 9.97 Å². The molecule has 7 heteroatoms. The largest absolute Gasteiger partial charge is 0.349 e. The summed E-state index contributed by atoms with van der Waals surface area (Å²) in [4.78, 5) is 18.8. The van der Waals surface area contributed by atoms with Crippen molar-refractivity contribution in [2.75, 3.05) is 5.32 Å². The number of hydrogen-bond donors (Lipinski definition) is 1. The zero-order valence-corrected chi connectivity index (χ0v) is 9.90. The summed E-state index contributed by atoms with van der Waals surface area (Å²) in [6.07, 6.45) is 2.38. The van der Waals surface area contributed by atoms with Gasteiger partial charge in [0.1, 0.15) is 12.4 Å². The lowest BCUT2D eigenvalue weighted by molar-refractivity contribution is -0.385. The highest BCUT2D eigenvalue weighted by molar-refractivity contribution is 7.10. The Morgan fingerprint density at radius 1 is 1.47 bits per heavy atom. The predicted molar refractivity (Wildman–Crippen MR) is 65.1 cm³/mol. The monoisotopic (exact) mass is 250 g/mol. The van der Waals surface area contributed by atoms with Crippen molar-refractivity contribution in [3.05, 3.63) is 44.4 Å². The van der Waals surface area contributed by atoms with E-state index < -0.39 is 4.92 Å². The van der Waals surface area contributed by atoms with Crippen molar-refractivity contribution < 1.29 is 4.92 Å². The van der Waals surface area contributed by atoms with E-state index in [0.29, 0.717) is 12.5 Å². The Kier molecular flexibility index (Phi) is 3.29. The van der Waals surface area contributed by atoms with Gasteiger partial charge in [0.15, 0.2) is 0 Å². The van der Waals surface area contributed by atoms with Crippen LogP contribution < -0.4 is 5.32 Å². The number of rotatable bonds is 4. The van der Waals surface area contributed by atoms with Crippen LogP contribution in [0.15, 0.2) is 23.8 Å². The molecule has 1 N–H and O–H groups in total. The van der Waals surface area contributed by atoms with Crippen LogP contribution in [0.1, 0.15) is 10.4 Å². The van der Waals surface area contributed by atoms with E-state index in [2.05, 4.69) is 15.3 Å². The number of nitro groups is 1. The molecule has 0 bridgehead atoms. The molecule has 6 nitrogen and oxygen atoms in total. The van der Waals surface area contributed by atoms with Crippen molar-refractivity contribution in [2.24, 2.45) is 0 Å². The van der Waals surface area contributed by atoms with Crippen LogP contribution in [-0.4, -0.2) is 14.9 Å². The normalized spacial score (nSPS) is 10.2. The van der Waals surface area contributed by atoms with Gasteiger partial charge in [-0.2, -0.15) is 0 Å². The zero-order chi connectivity index (χ0) is 12.3. The molecule has 0 unspecified atom stereocenters. The van der Waals surface area contributed by atoms with E-state index in [0.717, 1.165) is 0 Å². The van der Waals surface area contributed by atoms with Crippen LogP contribution >= 0.6 is 11.3 Å². The highest BCUT2D eigenvalue weighted by atomic mass is 32.1. The van der Waals surface area contributed by atoms with Crippen LogP contribution in [-0.2, 0) is 6.54 Å². The predicted octanol–water partition coefficient (Wildman–Crippen LogP) is 2.37. The molecule has 0 aromatic carbocycles. The molecule has 0 radical (unpaired) electrons. The number of aromatic nitrogens is 2. The van der Waals surface area contributed by atoms with Gasteiger partial charge in [-0.15, -0.1) is 11.3 Å². The quantitative estimate of drug-likeness (QED) is 0.665. The maximum Gasteiger partial charge on any atom is 0.305 e. The number of anilines is 1. The second-order valence-corrected chi connectivity index (χ2v) is 4.40. The van der Waals surface area contributed by atoms with Crippen molar-refractivity contribution in [1.82, 2.24) is 9.97 Å². The summed E-state index contributed by atoms with van der Waals surface area (Å²) in [5.74, 6) is 0.392. The molecule has 2 heterocycles. The molecule has 2 rings (SSSR count). The van der Waals surface area contributed by atoms with Gasteiger partial charge in [0, 0.05) is 4.88 Å². The molecule has 0 amide bonds. The van der Waals surface area contributed by atoms with Crippen LogP contribution in [0, 0.1) is 17.0 Å². The van der Waals surface area contributed by atoms with Gasteiger partial charge in [-0.1, -0.05) is 0 Å². The minimum absolute atomic E-state index is 0.108. The zero-order valence-electron chi connectivity index (χ0n) is 9.08. The second kappa shape index (κ2) is 4.88. The molecule has 0 atom stereocenters. The van der Waals surface area contributed by atoms with E-state index in [1.165, 1.54) is 22.8 Å². The molecular weight excluding hydrogens is 240 g/mol. The first-order valence-electron chi connectivity index (χ1n) is 4.90. The Balaban J connectivity index is 2.00. The number of nitrogens with one attached hydrogen (secondary N) is 1. The van der Waals surface area contributed by atoms with E-state index in [-0.39, 0.29) is 5.69 Å². The molecule has 88 valence electrons. The lowest BCUT2D eigenvalue weighted by atomic mass is 10.3. The third-order valence-corrected chi connectivity index (χ3v) is 3.25. The fourth-order valence-electron chi connectivity index (χ4n) is 1.25. The van der Waals surface area contributed by atoms with Crippen LogP contribution in [0.5, 0.6) is 0 Å². The minimum Gasteiger partial charge on any atom is -0.349 e. The van der Waals surface area contributed by atoms with Crippen molar-refractivity contribution in [3.8, 4) is 0 Å². The van der Waals surface area contributed by atoms with E-state index in [1.807, 2.05) is 18.4 Å². The summed E-state index contributed by atoms with van der Waals surface area (Å²) >= 11 is 1.65. The Bertz CT molecular complexity index is 523. The highest BCUT2D eigenvalue weighted by Crippen LogP contribution is 2.16. The topological polar surface area (TPSA) is 81.0 Å². The van der Waals surface area contributed by atoms with Crippen LogP contribution in [0.3, 0.4) is 0 Å². The molecule has 2 aromatic rings. The van der Waals surface area contributed by atoms with Crippen molar-refractivity contribution in [3.63, 3.8) is 0 Å². The van der Waals surface area contributed by atoms with Gasteiger partial charge in [0.25, 0.3) is 0 Å². The highest BCUT2D eigenvalue weighted by Gasteiger charge is 2.06. The van der Waals surface area contributed by atoms with Gasteiger partial charge in [0.05, 0.1) is 11.5 Å². The smallest absolute Gasteiger partial charge is 0.305 e. The summed E-state index contributed by atoms with van der Waals surface area (Å²) in [5.41, 5.74) is 1.10. The molecule has 0 spiro atoms. The Morgan fingerprint density at radius 3 is 2.71 bits per heavy atom. The summed E-state index contributed by atoms with van der Waals surface area (Å²) in [6, 6.07) is 2.04. The van der Waals surface area contributed by atoms with Gasteiger partial charge < -0.3 is 5.32 Å². The Hall–Kier alpha value is -2.02. The molecular formula is C10H10N4O2S. The second-order valence-electron chi connectivity index (χ2n) is 3.40. The fourth-order valence-corrected chi connectivity index (χ4v) is 2.10. The maximum absolute atomic E-state index is 10.4. The minimum atomic E-state index is -0.521. The standard InChI is InChI=1S/C10H10N4O2S/c1-7-2-3-17-9(7)6-13-10-11-4-8(5-12-10)14(15)16/h2-5H,6H2,1H3,(H,11,12,13). The van der Waals surface area contributed by atoms with Crippen LogP contribution in [0.4, 0.5) is 11.6 Å². The maximum atomic E-state index is 10.4. The summed E-state index contributed by atoms with van der Waals surface area (Å²) in [7, 11) is 0. The first kappa shape index (κ1) is 11.5. The first-order valence-corrected chi connectivity index (χ1v) is 5.78. The lowest BCUT2D eigenvalue weighted by Gasteiger charge is -2.02. The Labute approximate surface area is 102 Å². The van der Waals surface area contributed by atoms with Crippen LogP contribution in [0.25, 0.3) is 0 Å². The van der Waals surface area contributed by atoms with Gasteiger partial charge in [-0.3, -0.25) is 10.1 Å². The molecule has 0 aliphatic rings. The Morgan fingerprint density at radius 2 is 2.18 bits per heavy atom. The third-order valence-electron chi connectivity index (χ3n) is 2.22. The fraction of sp³-hybridized carbons (Fsp3) is 0.200. The van der Waals surface area contributed by atoms with E-state index in [9.17, 15) is 10.1 Å². The molecule has 17 heavy (non-hydrogen) atoms. The number of nitrogens with zero attached hydrogens (tertiary/aromatic N) is 3. The third kappa shape index (κ3) is 2.76. The SMILES string of the molecule is Cc1ccsc1CNc1ncc([N+](=O)[O-])cn1. The molecule has 0 aliphatic heterocycles. The lowest BCUT2D eigenvalue weighted by Crippen LogP contribution is -2.03. The van der Waals surface area contributed by atoms with Crippen molar-refractivity contribution in [1.29, 1.82) is 0 Å². The van der Waals surface area contributed by atoms with Crippen molar-refractivity contribution in [2.45, 2.75) is 13.5 Å². The molecule has 0 saturated heterocycles. The first-order chi connectivity index (χ1) is 8.16. The molecule has 0 fully saturated rings. The number of hydrogen-bond acceptors (Lipinski definition) is 6. The van der Waals surface area contributed by atoms with E-state index >= 15 is 0 Å². The summed E-state index contributed by atoms with van der Waals surface area (Å²) < 4.78 is 0. The van der Waals surface area contributed by atoms with Gasteiger partial charge >= 0.3 is 5.69 Å². The van der Waals surface area contributed by atoms with E-state index in [1.54, 1.807) is 11.3 Å². The molecule has 0 saturated carbocycles. The average Bonchev–Trinajstić information content (AvgIpc) is 2.73. The summed E-state index contributed by atoms with van der Waals surface area (Å²) in [6.45, 7) is 2.66. The van der Waals surface area contributed by atoms with Crippen molar-refractivity contribution >= 4 is 23.0 Å². The average molecular weight is 250 g/mol. The van der Waals surface area contributed by atoms with E-state index in [4.69, 9.17) is 0 Å².